The van der Waals surface area contributed by atoms with E-state index in [0.717, 1.165) is 0 Å². The lowest BCUT2D eigenvalue weighted by atomic mass is 10.3. The number of ether oxygens (including phenoxy) is 2. The lowest BCUT2D eigenvalue weighted by molar-refractivity contribution is -0.0451. The van der Waals surface area contributed by atoms with Crippen molar-refractivity contribution in [3.8, 4) is 0 Å². The van der Waals surface area contributed by atoms with Crippen LogP contribution < -0.4 is 10.5 Å². The Morgan fingerprint density at radius 2 is 2.05 bits per heavy atom. The molecule has 0 saturated carbocycles. The largest absolute Gasteiger partial charge is 0.417 e. The average Bonchev–Trinajstić information content (AvgIpc) is 3.05. The molecule has 0 radical (unpaired) electrons. The topological polar surface area (TPSA) is 111 Å². The standard InChI is InChI=1S/C12H14N2O6S/c15-12-14-9-2-1-8(7-10(9)20-12)21(16,17)13-4-3-11-18-5-6-19-11/h1-2,7,11,13H,3-6H2,(H,14,15). The minimum absolute atomic E-state index is 0.0333. The summed E-state index contributed by atoms with van der Waals surface area (Å²) in [5, 5.41) is 0. The fourth-order valence-electron chi connectivity index (χ4n) is 2.06. The normalized spacial score (nSPS) is 16.8. The van der Waals surface area contributed by atoms with Gasteiger partial charge in [0.1, 0.15) is 0 Å². The van der Waals surface area contributed by atoms with Crippen molar-refractivity contribution in [2.24, 2.45) is 0 Å². The molecule has 0 atom stereocenters. The first-order valence-corrected chi connectivity index (χ1v) is 7.89. The number of nitrogens with one attached hydrogen (secondary N) is 2. The van der Waals surface area contributed by atoms with Crippen LogP contribution in [-0.2, 0) is 19.5 Å². The van der Waals surface area contributed by atoms with Crippen molar-refractivity contribution in [2.75, 3.05) is 19.8 Å². The Bertz CT molecular complexity index is 787. The second kappa shape index (κ2) is 5.60. The fourth-order valence-corrected chi connectivity index (χ4v) is 3.12. The monoisotopic (exact) mass is 314 g/mol. The number of benzene rings is 1. The number of rotatable bonds is 5. The van der Waals surface area contributed by atoms with Crippen molar-refractivity contribution >= 4 is 21.1 Å². The molecule has 9 heteroatoms. The van der Waals surface area contributed by atoms with Crippen molar-refractivity contribution in [1.82, 2.24) is 9.71 Å². The van der Waals surface area contributed by atoms with Crippen LogP contribution in [0.25, 0.3) is 11.1 Å². The van der Waals surface area contributed by atoms with E-state index in [2.05, 4.69) is 9.71 Å². The lowest BCUT2D eigenvalue weighted by Gasteiger charge is -2.10. The van der Waals surface area contributed by atoms with Crippen LogP contribution in [0.2, 0.25) is 0 Å². The van der Waals surface area contributed by atoms with Crippen molar-refractivity contribution < 1.29 is 22.3 Å². The van der Waals surface area contributed by atoms with Crippen molar-refractivity contribution in [1.29, 1.82) is 0 Å². The van der Waals surface area contributed by atoms with Gasteiger partial charge in [-0.05, 0) is 12.1 Å². The third-order valence-electron chi connectivity index (χ3n) is 3.07. The maximum Gasteiger partial charge on any atom is 0.417 e. The number of H-pyrrole nitrogens is 1. The van der Waals surface area contributed by atoms with Gasteiger partial charge in [-0.25, -0.2) is 17.9 Å². The highest BCUT2D eigenvalue weighted by atomic mass is 32.2. The molecule has 1 fully saturated rings. The van der Waals surface area contributed by atoms with E-state index in [4.69, 9.17) is 13.9 Å². The van der Waals surface area contributed by atoms with Gasteiger partial charge in [-0.2, -0.15) is 0 Å². The van der Waals surface area contributed by atoms with Crippen LogP contribution in [0.1, 0.15) is 6.42 Å². The highest BCUT2D eigenvalue weighted by Gasteiger charge is 2.19. The molecule has 0 spiro atoms. The molecular formula is C12H14N2O6S. The molecule has 1 aliphatic heterocycles. The summed E-state index contributed by atoms with van der Waals surface area (Å²) < 4.78 is 42.0. The first-order valence-electron chi connectivity index (χ1n) is 6.40. The van der Waals surface area contributed by atoms with Crippen LogP contribution in [0.5, 0.6) is 0 Å². The summed E-state index contributed by atoms with van der Waals surface area (Å²) in [6.45, 7) is 1.25. The average molecular weight is 314 g/mol. The number of fused-ring (bicyclic) bond motifs is 1. The molecule has 21 heavy (non-hydrogen) atoms. The zero-order chi connectivity index (χ0) is 14.9. The summed E-state index contributed by atoms with van der Waals surface area (Å²) >= 11 is 0. The zero-order valence-electron chi connectivity index (χ0n) is 11.0. The van der Waals surface area contributed by atoms with Gasteiger partial charge >= 0.3 is 5.76 Å². The first kappa shape index (κ1) is 14.3. The van der Waals surface area contributed by atoms with Gasteiger partial charge in [-0.1, -0.05) is 0 Å². The highest BCUT2D eigenvalue weighted by Crippen LogP contribution is 2.16. The van der Waals surface area contributed by atoms with Crippen molar-refractivity contribution in [2.45, 2.75) is 17.6 Å². The molecule has 2 N–H and O–H groups in total. The van der Waals surface area contributed by atoms with Gasteiger partial charge in [-0.15, -0.1) is 0 Å². The Kier molecular flexibility index (Phi) is 3.81. The quantitative estimate of drug-likeness (QED) is 0.813. The third kappa shape index (κ3) is 3.16. The van der Waals surface area contributed by atoms with Crippen molar-refractivity contribution in [3.63, 3.8) is 0 Å². The Balaban J connectivity index is 1.71. The number of hydrogen-bond donors (Lipinski definition) is 2. The van der Waals surface area contributed by atoms with Gasteiger partial charge in [0.2, 0.25) is 10.0 Å². The summed E-state index contributed by atoms with van der Waals surface area (Å²) in [5.74, 6) is -0.622. The Morgan fingerprint density at radius 1 is 1.29 bits per heavy atom. The number of aromatic nitrogens is 1. The van der Waals surface area contributed by atoms with E-state index in [-0.39, 0.29) is 23.3 Å². The fraction of sp³-hybridized carbons (Fsp3) is 0.417. The molecule has 3 rings (SSSR count). The third-order valence-corrected chi connectivity index (χ3v) is 4.52. The first-order chi connectivity index (χ1) is 10.0. The van der Waals surface area contributed by atoms with Crippen LogP contribution in [0, 0.1) is 0 Å². The smallest absolute Gasteiger partial charge is 0.408 e. The van der Waals surface area contributed by atoms with Crippen LogP contribution in [0.3, 0.4) is 0 Å². The van der Waals surface area contributed by atoms with E-state index in [1.165, 1.54) is 18.2 Å². The zero-order valence-corrected chi connectivity index (χ0v) is 11.8. The van der Waals surface area contributed by atoms with Crippen LogP contribution in [-0.4, -0.2) is 39.5 Å². The molecule has 2 heterocycles. The van der Waals surface area contributed by atoms with Crippen LogP contribution in [0.15, 0.2) is 32.3 Å². The second-order valence-electron chi connectivity index (χ2n) is 4.53. The minimum atomic E-state index is -3.67. The van der Waals surface area contributed by atoms with Crippen LogP contribution in [0.4, 0.5) is 0 Å². The van der Waals surface area contributed by atoms with E-state index >= 15 is 0 Å². The summed E-state index contributed by atoms with van der Waals surface area (Å²) in [6.07, 6.45) is 0.0682. The lowest BCUT2D eigenvalue weighted by Crippen LogP contribution is -2.27. The summed E-state index contributed by atoms with van der Waals surface area (Å²) in [5.41, 5.74) is 0.650. The summed E-state index contributed by atoms with van der Waals surface area (Å²) in [4.78, 5) is 13.5. The van der Waals surface area contributed by atoms with Crippen LogP contribution >= 0.6 is 0 Å². The highest BCUT2D eigenvalue weighted by molar-refractivity contribution is 7.89. The summed E-state index contributed by atoms with van der Waals surface area (Å²) in [7, 11) is -3.67. The Morgan fingerprint density at radius 3 is 2.81 bits per heavy atom. The maximum absolute atomic E-state index is 12.1. The Labute approximate surface area is 120 Å². The SMILES string of the molecule is O=c1[nH]c2ccc(S(=O)(=O)NCCC3OCCO3)cc2o1. The molecule has 1 aliphatic rings. The molecule has 1 saturated heterocycles. The Hall–Kier alpha value is -1.68. The van der Waals surface area contributed by atoms with E-state index < -0.39 is 15.8 Å². The molecular weight excluding hydrogens is 300 g/mol. The van der Waals surface area contributed by atoms with Gasteiger partial charge in [0.05, 0.1) is 23.6 Å². The molecule has 8 nitrogen and oxygen atoms in total. The molecule has 2 aromatic rings. The van der Waals surface area contributed by atoms with E-state index in [9.17, 15) is 13.2 Å². The minimum Gasteiger partial charge on any atom is -0.408 e. The number of oxazole rings is 1. The molecule has 0 aliphatic carbocycles. The number of hydrogen-bond acceptors (Lipinski definition) is 6. The predicted molar refractivity (Wildman–Crippen MR) is 72.3 cm³/mol. The van der Waals surface area contributed by atoms with Gasteiger partial charge in [-0.3, -0.25) is 4.98 Å². The molecule has 0 bridgehead atoms. The van der Waals surface area contributed by atoms with Gasteiger partial charge < -0.3 is 13.9 Å². The second-order valence-corrected chi connectivity index (χ2v) is 6.30. The molecule has 114 valence electrons. The predicted octanol–water partition coefficient (Wildman–Crippen LogP) is 0.162. The number of sulfonamides is 1. The van der Waals surface area contributed by atoms with Gasteiger partial charge in [0, 0.05) is 19.0 Å². The van der Waals surface area contributed by atoms with Crippen molar-refractivity contribution in [3.05, 3.63) is 28.7 Å². The molecule has 0 unspecified atom stereocenters. The molecule has 1 aromatic heterocycles. The molecule has 1 aromatic carbocycles. The summed E-state index contributed by atoms with van der Waals surface area (Å²) in [6, 6.07) is 4.19. The maximum atomic E-state index is 12.1. The van der Waals surface area contributed by atoms with Gasteiger partial charge in [0.25, 0.3) is 0 Å². The van der Waals surface area contributed by atoms with Gasteiger partial charge in [0.15, 0.2) is 11.9 Å². The number of aromatic amines is 1. The van der Waals surface area contributed by atoms with E-state index in [1.807, 2.05) is 0 Å². The van der Waals surface area contributed by atoms with E-state index in [1.54, 1.807) is 0 Å². The molecule has 0 amide bonds. The van der Waals surface area contributed by atoms with E-state index in [0.29, 0.717) is 25.2 Å².